The zero-order valence-electron chi connectivity index (χ0n) is 15.0. The number of aliphatic carboxylic acids is 1. The molecular weight excluding hydrogens is 498 g/mol. The van der Waals surface area contributed by atoms with Gasteiger partial charge in [-0.25, -0.2) is 0 Å². The van der Waals surface area contributed by atoms with E-state index in [-0.39, 0.29) is 82.6 Å². The normalized spacial score (nSPS) is 9.86. The van der Waals surface area contributed by atoms with E-state index in [4.69, 9.17) is 0 Å². The van der Waals surface area contributed by atoms with Crippen LogP contribution in [0.5, 0.6) is 0 Å². The van der Waals surface area contributed by atoms with Gasteiger partial charge in [-0.2, -0.15) is 0 Å². The molecule has 0 radical (unpaired) electrons. The van der Waals surface area contributed by atoms with E-state index >= 15 is 0 Å². The predicted molar refractivity (Wildman–Crippen MR) is 90.3 cm³/mol. The minimum absolute atomic E-state index is 0. The molecule has 0 amide bonds. The van der Waals surface area contributed by atoms with Gasteiger partial charge in [-0.15, -0.1) is 0 Å². The maximum absolute atomic E-state index is 10.2. The number of rotatable bonds is 16. The van der Waals surface area contributed by atoms with E-state index in [1.807, 2.05) is 0 Å². The molecule has 0 saturated carbocycles. The molecule has 120 valence electrons. The van der Waals surface area contributed by atoms with Crippen molar-refractivity contribution in [1.82, 2.24) is 0 Å². The number of hydrogen-bond acceptors (Lipinski definition) is 2. The third-order valence-corrected chi connectivity index (χ3v) is 3.98. The molecule has 22 heavy (non-hydrogen) atoms. The first-order chi connectivity index (χ1) is 9.77. The second-order valence-electron chi connectivity index (χ2n) is 6.07. The van der Waals surface area contributed by atoms with Crippen LogP contribution < -0.4 is 5.11 Å². The molecule has 0 heterocycles. The Labute approximate surface area is 199 Å². The summed E-state index contributed by atoms with van der Waals surface area (Å²) in [5.74, 6) is -0.903. The van der Waals surface area contributed by atoms with E-state index in [9.17, 15) is 9.90 Å². The van der Waals surface area contributed by atoms with Crippen LogP contribution in [0.1, 0.15) is 110 Å². The third-order valence-electron chi connectivity index (χ3n) is 3.98. The van der Waals surface area contributed by atoms with E-state index < -0.39 is 5.97 Å². The van der Waals surface area contributed by atoms with Crippen molar-refractivity contribution < 1.29 is 37.2 Å². The summed E-state index contributed by atoms with van der Waals surface area (Å²) >= 11 is 0. The Hall–Kier alpha value is 1.96. The van der Waals surface area contributed by atoms with Crippen molar-refractivity contribution in [3.05, 3.63) is 0 Å². The molecule has 4 heteroatoms. The van der Waals surface area contributed by atoms with E-state index in [0.29, 0.717) is 0 Å². The average molecular weight is 533 g/mol. The summed E-state index contributed by atoms with van der Waals surface area (Å²) < 4.78 is 0. The number of unbranched alkanes of at least 4 members (excludes halogenated alkanes) is 14. The van der Waals surface area contributed by atoms with E-state index in [1.165, 1.54) is 83.5 Å². The summed E-state index contributed by atoms with van der Waals surface area (Å²) in [6.07, 6.45) is 19.9. The Morgan fingerprint density at radius 1 is 0.636 bits per heavy atom. The topological polar surface area (TPSA) is 40.1 Å². The maximum Gasteiger partial charge on any atom is 2.00 e. The molecule has 0 unspecified atom stereocenters. The summed E-state index contributed by atoms with van der Waals surface area (Å²) in [7, 11) is 0. The quantitative estimate of drug-likeness (QED) is 0.215. The van der Waals surface area contributed by atoms with Gasteiger partial charge in [0.25, 0.3) is 0 Å². The largest absolute Gasteiger partial charge is 2.00 e. The molecule has 0 aliphatic heterocycles. The van der Waals surface area contributed by atoms with Crippen LogP contribution in [0, 0.1) is 0 Å². The molecule has 0 aliphatic rings. The fourth-order valence-electron chi connectivity index (χ4n) is 2.64. The Balaban J connectivity index is -0.00000180. The molecule has 0 aromatic rings. The number of hydrogen-bond donors (Lipinski definition) is 0. The van der Waals surface area contributed by atoms with Crippen LogP contribution >= 0.6 is 0 Å². The number of carboxylic acid groups (broad SMARTS) is 1. The van der Waals surface area contributed by atoms with Crippen LogP contribution in [-0.2, 0) is 32.1 Å². The van der Waals surface area contributed by atoms with Crippen molar-refractivity contribution in [2.45, 2.75) is 110 Å². The Kier molecular flexibility index (Phi) is 32.9. The monoisotopic (exact) mass is 535 g/mol. The van der Waals surface area contributed by atoms with Gasteiger partial charge in [0.1, 0.15) is 0 Å². The SMILES string of the molecule is CCCCCCCCCCCCCCCCCC(=O)[O-].[Ba+2].[Cd+2]. The van der Waals surface area contributed by atoms with Gasteiger partial charge in [-0.3, -0.25) is 0 Å². The molecule has 0 aromatic carbocycles. The van der Waals surface area contributed by atoms with Gasteiger partial charge in [0.15, 0.2) is 0 Å². The smallest absolute Gasteiger partial charge is 0.550 e. The standard InChI is InChI=1S/C18H36O2.Ba.Cd/c1-2-3-4-5-6-7-8-9-10-11-12-13-14-15-16-17-18(19)20;;/h2-17H2,1H3,(H,19,20);;/q;2*+2/p-1. The van der Waals surface area contributed by atoms with Gasteiger partial charge in [-0.05, 0) is 12.8 Å². The molecule has 0 saturated heterocycles. The molecule has 0 atom stereocenters. The van der Waals surface area contributed by atoms with Crippen LogP contribution in [0.3, 0.4) is 0 Å². The van der Waals surface area contributed by atoms with Crippen LogP contribution in [0.2, 0.25) is 0 Å². The van der Waals surface area contributed by atoms with Gasteiger partial charge in [-0.1, -0.05) is 96.8 Å². The molecule has 0 N–H and O–H groups in total. The third kappa shape index (κ3) is 26.8. The minimum atomic E-state index is -0.903. The Morgan fingerprint density at radius 2 is 0.909 bits per heavy atom. The molecular formula is C18H35BaCdO2+3. The molecule has 2 nitrogen and oxygen atoms in total. The van der Waals surface area contributed by atoms with E-state index in [1.54, 1.807) is 0 Å². The van der Waals surface area contributed by atoms with Crippen molar-refractivity contribution in [1.29, 1.82) is 0 Å². The van der Waals surface area contributed by atoms with Crippen molar-refractivity contribution in [2.75, 3.05) is 0 Å². The van der Waals surface area contributed by atoms with Gasteiger partial charge in [0, 0.05) is 5.97 Å². The fourth-order valence-corrected chi connectivity index (χ4v) is 2.64. The minimum Gasteiger partial charge on any atom is -0.550 e. The van der Waals surface area contributed by atoms with Crippen LogP contribution in [-0.4, -0.2) is 54.9 Å². The zero-order chi connectivity index (χ0) is 14.9. The summed E-state index contributed by atoms with van der Waals surface area (Å²) in [6, 6.07) is 0. The Bertz CT molecular complexity index is 213. The summed E-state index contributed by atoms with van der Waals surface area (Å²) in [5, 5.41) is 10.2. The van der Waals surface area contributed by atoms with E-state index in [0.717, 1.165) is 12.8 Å². The van der Waals surface area contributed by atoms with Crippen molar-refractivity contribution in [3.63, 3.8) is 0 Å². The van der Waals surface area contributed by atoms with Crippen molar-refractivity contribution in [2.24, 2.45) is 0 Å². The summed E-state index contributed by atoms with van der Waals surface area (Å²) in [4.78, 5) is 10.2. The van der Waals surface area contributed by atoms with Crippen molar-refractivity contribution in [3.8, 4) is 0 Å². The number of carbonyl (C=O) groups is 1. The van der Waals surface area contributed by atoms with Gasteiger partial charge < -0.3 is 9.90 Å². The summed E-state index contributed by atoms with van der Waals surface area (Å²) in [5.41, 5.74) is 0. The molecule has 0 bridgehead atoms. The number of carboxylic acids is 1. The first-order valence-corrected chi connectivity index (χ1v) is 8.97. The molecule has 0 fully saturated rings. The molecule has 0 aromatic heterocycles. The predicted octanol–water partition coefficient (Wildman–Crippen LogP) is 4.61. The van der Waals surface area contributed by atoms with Gasteiger partial charge in [0.2, 0.25) is 0 Å². The number of carbonyl (C=O) groups excluding carboxylic acids is 1. The van der Waals surface area contributed by atoms with Crippen LogP contribution in [0.15, 0.2) is 0 Å². The second-order valence-corrected chi connectivity index (χ2v) is 6.07. The first kappa shape index (κ1) is 28.8. The van der Waals surface area contributed by atoms with E-state index in [2.05, 4.69) is 6.92 Å². The summed E-state index contributed by atoms with van der Waals surface area (Å²) in [6.45, 7) is 2.27. The zero-order valence-corrected chi connectivity index (χ0v) is 23.5. The van der Waals surface area contributed by atoms with Gasteiger partial charge >= 0.3 is 76.2 Å². The van der Waals surface area contributed by atoms with Gasteiger partial charge in [0.05, 0.1) is 0 Å². The molecule has 0 aliphatic carbocycles. The molecule has 0 spiro atoms. The Morgan fingerprint density at radius 3 is 1.18 bits per heavy atom. The molecule has 0 rings (SSSR count). The maximum atomic E-state index is 10.2. The fraction of sp³-hybridized carbons (Fsp3) is 0.944. The average Bonchev–Trinajstić information content (AvgIpc) is 2.43. The van der Waals surface area contributed by atoms with Crippen molar-refractivity contribution >= 4 is 54.9 Å². The van der Waals surface area contributed by atoms with Crippen LogP contribution in [0.25, 0.3) is 0 Å². The first-order valence-electron chi connectivity index (χ1n) is 8.97. The van der Waals surface area contributed by atoms with Crippen LogP contribution in [0.4, 0.5) is 0 Å². The second kappa shape index (κ2) is 25.2.